The highest BCUT2D eigenvalue weighted by atomic mass is 16.5. The molecule has 1 aromatic heterocycles. The first-order valence-corrected chi connectivity index (χ1v) is 8.58. The number of rotatable bonds is 6. The molecule has 25 heavy (non-hydrogen) atoms. The molecule has 0 saturated heterocycles. The molecule has 0 saturated carbocycles. The second kappa shape index (κ2) is 7.79. The van der Waals surface area contributed by atoms with Crippen molar-refractivity contribution in [2.24, 2.45) is 0 Å². The maximum absolute atomic E-state index is 11.6. The average molecular weight is 335 g/mol. The van der Waals surface area contributed by atoms with Gasteiger partial charge in [-0.15, -0.1) is 0 Å². The van der Waals surface area contributed by atoms with E-state index in [2.05, 4.69) is 12.1 Å². The van der Waals surface area contributed by atoms with Gasteiger partial charge >= 0.3 is 5.97 Å². The van der Waals surface area contributed by atoms with Gasteiger partial charge in [0.2, 0.25) is 0 Å². The largest absolute Gasteiger partial charge is 0.427 e. The molecule has 0 bridgehead atoms. The van der Waals surface area contributed by atoms with Gasteiger partial charge in [-0.2, -0.15) is 0 Å². The van der Waals surface area contributed by atoms with Crippen LogP contribution in [-0.2, 0) is 11.2 Å². The maximum Gasteiger partial charge on any atom is 0.311 e. The van der Waals surface area contributed by atoms with Gasteiger partial charge in [0.1, 0.15) is 11.4 Å². The molecule has 1 heterocycles. The van der Waals surface area contributed by atoms with E-state index in [0.29, 0.717) is 12.2 Å². The summed E-state index contributed by atoms with van der Waals surface area (Å²) in [5.74, 6) is 1.14. The quantitative estimate of drug-likeness (QED) is 0.454. The minimum Gasteiger partial charge on any atom is -0.427 e. The van der Waals surface area contributed by atoms with E-state index >= 15 is 0 Å². The Bertz CT molecular complexity index is 835. The fourth-order valence-corrected chi connectivity index (χ4v) is 2.75. The number of hydrogen-bond acceptors (Lipinski definition) is 4. The van der Waals surface area contributed by atoms with Crippen molar-refractivity contribution in [2.75, 3.05) is 0 Å². The molecule has 0 atom stereocenters. The van der Waals surface area contributed by atoms with Gasteiger partial charge in [-0.25, -0.2) is 0 Å². The number of hydrogen-bond donors (Lipinski definition) is 0. The highest BCUT2D eigenvalue weighted by Crippen LogP contribution is 2.33. The molecule has 4 nitrogen and oxygen atoms in total. The van der Waals surface area contributed by atoms with E-state index in [1.165, 1.54) is 0 Å². The van der Waals surface area contributed by atoms with Gasteiger partial charge in [-0.05, 0) is 37.1 Å². The van der Waals surface area contributed by atoms with Crippen LogP contribution in [0.3, 0.4) is 0 Å². The summed E-state index contributed by atoms with van der Waals surface area (Å²) in [6.45, 7) is 4.04. The van der Waals surface area contributed by atoms with Crippen LogP contribution in [0.15, 0.2) is 59.1 Å². The second-order valence-electron chi connectivity index (χ2n) is 5.81. The highest BCUT2D eigenvalue weighted by Gasteiger charge is 2.17. The van der Waals surface area contributed by atoms with Gasteiger partial charge in [-0.1, -0.05) is 49.3 Å². The summed E-state index contributed by atoms with van der Waals surface area (Å²) in [6, 6.07) is 17.4. The smallest absolute Gasteiger partial charge is 0.311 e. The number of esters is 1. The van der Waals surface area contributed by atoms with Gasteiger partial charge < -0.3 is 9.26 Å². The van der Waals surface area contributed by atoms with Crippen LogP contribution < -0.4 is 4.74 Å². The van der Waals surface area contributed by atoms with Gasteiger partial charge in [0.15, 0.2) is 5.76 Å². The van der Waals surface area contributed by atoms with Crippen LogP contribution in [0.25, 0.3) is 22.6 Å². The Morgan fingerprint density at radius 1 is 1.00 bits per heavy atom. The van der Waals surface area contributed by atoms with Crippen LogP contribution in [0.4, 0.5) is 0 Å². The van der Waals surface area contributed by atoms with E-state index in [9.17, 15) is 4.79 Å². The van der Waals surface area contributed by atoms with Crippen molar-refractivity contribution in [1.82, 2.24) is 5.16 Å². The summed E-state index contributed by atoms with van der Waals surface area (Å²) >= 11 is 0. The number of carbonyl (C=O) groups excluding carboxylic acids is 1. The lowest BCUT2D eigenvalue weighted by molar-refractivity contribution is -0.134. The van der Waals surface area contributed by atoms with Crippen molar-refractivity contribution in [3.63, 3.8) is 0 Å². The Hall–Kier alpha value is -2.88. The molecule has 3 aromatic rings. The Morgan fingerprint density at radius 2 is 1.72 bits per heavy atom. The molecule has 0 amide bonds. The molecule has 0 aliphatic carbocycles. The van der Waals surface area contributed by atoms with Crippen LogP contribution in [0, 0.1) is 0 Å². The maximum atomic E-state index is 11.6. The van der Waals surface area contributed by atoms with Crippen LogP contribution in [-0.4, -0.2) is 11.1 Å². The zero-order valence-electron chi connectivity index (χ0n) is 14.5. The molecule has 0 fully saturated rings. The minimum atomic E-state index is -0.211. The summed E-state index contributed by atoms with van der Waals surface area (Å²) < 4.78 is 10.9. The van der Waals surface area contributed by atoms with Crippen molar-refractivity contribution in [3.05, 3.63) is 60.2 Å². The third-order valence-electron chi connectivity index (χ3n) is 3.99. The number of aromatic nitrogens is 1. The Labute approximate surface area is 147 Å². The topological polar surface area (TPSA) is 52.3 Å². The molecule has 0 spiro atoms. The molecular weight excluding hydrogens is 314 g/mol. The van der Waals surface area contributed by atoms with Gasteiger partial charge in [0.05, 0.1) is 0 Å². The Morgan fingerprint density at radius 3 is 2.36 bits per heavy atom. The van der Waals surface area contributed by atoms with E-state index in [1.807, 2.05) is 49.4 Å². The van der Waals surface area contributed by atoms with Crippen molar-refractivity contribution in [1.29, 1.82) is 0 Å². The number of benzene rings is 2. The zero-order valence-corrected chi connectivity index (χ0v) is 14.5. The molecule has 0 unspecified atom stereocenters. The summed E-state index contributed by atoms with van der Waals surface area (Å²) in [7, 11) is 0. The molecule has 4 heteroatoms. The van der Waals surface area contributed by atoms with Crippen molar-refractivity contribution < 1.29 is 14.1 Å². The Balaban J connectivity index is 1.87. The van der Waals surface area contributed by atoms with E-state index in [0.717, 1.165) is 41.0 Å². The first-order valence-electron chi connectivity index (χ1n) is 8.58. The number of carbonyl (C=O) groups is 1. The average Bonchev–Trinajstić information content (AvgIpc) is 3.07. The van der Waals surface area contributed by atoms with Crippen molar-refractivity contribution in [2.45, 2.75) is 33.1 Å². The third kappa shape index (κ3) is 3.79. The lowest BCUT2D eigenvalue weighted by Crippen LogP contribution is -2.06. The highest BCUT2D eigenvalue weighted by molar-refractivity contribution is 5.74. The van der Waals surface area contributed by atoms with Crippen LogP contribution in [0.2, 0.25) is 0 Å². The van der Waals surface area contributed by atoms with Crippen molar-refractivity contribution in [3.8, 4) is 28.3 Å². The lowest BCUT2D eigenvalue weighted by atomic mass is 10.0. The van der Waals surface area contributed by atoms with Crippen LogP contribution in [0.5, 0.6) is 5.75 Å². The van der Waals surface area contributed by atoms with Gasteiger partial charge in [0.25, 0.3) is 0 Å². The third-order valence-corrected chi connectivity index (χ3v) is 3.99. The van der Waals surface area contributed by atoms with Crippen LogP contribution >= 0.6 is 0 Å². The van der Waals surface area contributed by atoms with Crippen LogP contribution in [0.1, 0.15) is 32.3 Å². The molecule has 0 aliphatic heterocycles. The predicted octanol–water partition coefficient (Wildman–Crippen LogP) is 5.28. The molecule has 0 radical (unpaired) electrons. The fraction of sp³-hybridized carbons (Fsp3) is 0.238. The van der Waals surface area contributed by atoms with E-state index in [-0.39, 0.29) is 5.97 Å². The molecule has 0 aliphatic rings. The molecule has 128 valence electrons. The summed E-state index contributed by atoms with van der Waals surface area (Å²) in [5, 5.41) is 4.27. The summed E-state index contributed by atoms with van der Waals surface area (Å²) in [5.41, 5.74) is 3.86. The second-order valence-corrected chi connectivity index (χ2v) is 5.81. The lowest BCUT2D eigenvalue weighted by Gasteiger charge is -2.05. The Kier molecular flexibility index (Phi) is 5.29. The van der Waals surface area contributed by atoms with Gasteiger partial charge in [0, 0.05) is 23.1 Å². The zero-order chi connectivity index (χ0) is 17.6. The standard InChI is InChI=1S/C21H21NO3/c1-3-8-19(23)24-17-13-11-15(12-14-17)20-18(4-2)21(25-22-20)16-9-6-5-7-10-16/h5-7,9-14H,3-4,8H2,1-2H3. The predicted molar refractivity (Wildman–Crippen MR) is 97.3 cm³/mol. The molecule has 3 rings (SSSR count). The first kappa shape index (κ1) is 17.0. The normalized spacial score (nSPS) is 10.6. The fourth-order valence-electron chi connectivity index (χ4n) is 2.75. The SMILES string of the molecule is CCCC(=O)Oc1ccc(-c2noc(-c3ccccc3)c2CC)cc1. The van der Waals surface area contributed by atoms with Gasteiger partial charge in [-0.3, -0.25) is 4.79 Å². The first-order chi connectivity index (χ1) is 12.2. The molecular formula is C21H21NO3. The monoisotopic (exact) mass is 335 g/mol. The molecule has 2 aromatic carbocycles. The van der Waals surface area contributed by atoms with E-state index in [4.69, 9.17) is 9.26 Å². The number of ether oxygens (including phenoxy) is 1. The van der Waals surface area contributed by atoms with Crippen molar-refractivity contribution >= 4 is 5.97 Å². The number of nitrogens with zero attached hydrogens (tertiary/aromatic N) is 1. The summed E-state index contributed by atoms with van der Waals surface area (Å²) in [4.78, 5) is 11.6. The van der Waals surface area contributed by atoms with E-state index < -0.39 is 0 Å². The van der Waals surface area contributed by atoms with E-state index in [1.54, 1.807) is 12.1 Å². The molecule has 0 N–H and O–H groups in total. The minimum absolute atomic E-state index is 0.211. The summed E-state index contributed by atoms with van der Waals surface area (Å²) in [6.07, 6.45) is 2.01.